The van der Waals surface area contributed by atoms with Gasteiger partial charge in [0.05, 0.1) is 29.5 Å². The zero-order chi connectivity index (χ0) is 25.5. The van der Waals surface area contributed by atoms with Crippen LogP contribution in [0.15, 0.2) is 47.6 Å². The van der Waals surface area contributed by atoms with Gasteiger partial charge in [0.1, 0.15) is 11.6 Å². The number of ether oxygens (including phenoxy) is 1. The maximum absolute atomic E-state index is 12.7. The third-order valence-corrected chi connectivity index (χ3v) is 5.90. The molecule has 13 heteroatoms. The fourth-order valence-electron chi connectivity index (χ4n) is 3.09. The van der Waals surface area contributed by atoms with Crippen LogP contribution in [0.5, 0.6) is 5.75 Å². The van der Waals surface area contributed by atoms with Gasteiger partial charge in [-0.25, -0.2) is 4.98 Å². The van der Waals surface area contributed by atoms with Crippen molar-refractivity contribution in [3.05, 3.63) is 69.0 Å². The third-order valence-electron chi connectivity index (χ3n) is 4.82. The molecule has 1 aromatic heterocycles. The number of hydrogen-bond donors (Lipinski definition) is 3. The summed E-state index contributed by atoms with van der Waals surface area (Å²) in [6.45, 7) is 3.78. The number of nitro benzene ring substituents is 1. The highest BCUT2D eigenvalue weighted by Crippen LogP contribution is 2.28. The summed E-state index contributed by atoms with van der Waals surface area (Å²) in [5, 5.41) is 24.3. The lowest BCUT2D eigenvalue weighted by Crippen LogP contribution is -2.32. The molecule has 0 aliphatic rings. The SMILES string of the molecule is COc1ccc(Cl)cc1NC(=O)CSc1n[nH]c([C@@H](NC(=O)c2cccc([N+](=O)[O-])c2)C(C)C)n1. The zero-order valence-corrected chi connectivity index (χ0v) is 20.6. The Balaban J connectivity index is 1.64. The first-order valence-electron chi connectivity index (χ1n) is 10.4. The van der Waals surface area contributed by atoms with E-state index >= 15 is 0 Å². The second-order valence-electron chi connectivity index (χ2n) is 7.69. The summed E-state index contributed by atoms with van der Waals surface area (Å²) in [4.78, 5) is 39.9. The number of rotatable bonds is 10. The van der Waals surface area contributed by atoms with Crippen LogP contribution < -0.4 is 15.4 Å². The van der Waals surface area contributed by atoms with E-state index in [1.54, 1.807) is 18.2 Å². The topological polar surface area (TPSA) is 152 Å². The van der Waals surface area contributed by atoms with Crippen LogP contribution >= 0.6 is 23.4 Å². The van der Waals surface area contributed by atoms with Gasteiger partial charge in [-0.05, 0) is 30.2 Å². The number of amides is 2. The zero-order valence-electron chi connectivity index (χ0n) is 19.1. The monoisotopic (exact) mass is 518 g/mol. The van der Waals surface area contributed by atoms with E-state index in [0.29, 0.717) is 27.4 Å². The minimum atomic E-state index is -0.560. The van der Waals surface area contributed by atoms with E-state index in [0.717, 1.165) is 11.8 Å². The van der Waals surface area contributed by atoms with Gasteiger partial charge in [-0.15, -0.1) is 5.10 Å². The first-order chi connectivity index (χ1) is 16.7. The maximum Gasteiger partial charge on any atom is 0.270 e. The van der Waals surface area contributed by atoms with Gasteiger partial charge in [0, 0.05) is 22.7 Å². The Morgan fingerprint density at radius 3 is 2.71 bits per heavy atom. The van der Waals surface area contributed by atoms with Crippen molar-refractivity contribution in [2.24, 2.45) is 5.92 Å². The second-order valence-corrected chi connectivity index (χ2v) is 9.07. The lowest BCUT2D eigenvalue weighted by molar-refractivity contribution is -0.384. The largest absolute Gasteiger partial charge is 0.495 e. The minimum absolute atomic E-state index is 0.0271. The maximum atomic E-state index is 12.7. The molecule has 1 heterocycles. The van der Waals surface area contributed by atoms with E-state index in [1.165, 1.54) is 31.4 Å². The van der Waals surface area contributed by atoms with Crippen molar-refractivity contribution < 1.29 is 19.2 Å². The Hall–Kier alpha value is -3.64. The van der Waals surface area contributed by atoms with Crippen LogP contribution in [0.3, 0.4) is 0 Å². The van der Waals surface area contributed by atoms with Crippen molar-refractivity contribution in [2.45, 2.75) is 25.0 Å². The Morgan fingerprint density at radius 2 is 2.03 bits per heavy atom. The highest BCUT2D eigenvalue weighted by Gasteiger charge is 2.24. The Kier molecular flexibility index (Phi) is 8.66. The van der Waals surface area contributed by atoms with Gasteiger partial charge in [0.15, 0.2) is 0 Å². The van der Waals surface area contributed by atoms with E-state index < -0.39 is 16.9 Å². The number of nitrogens with zero attached hydrogens (tertiary/aromatic N) is 3. The molecule has 0 bridgehead atoms. The summed E-state index contributed by atoms with van der Waals surface area (Å²) in [7, 11) is 1.49. The molecule has 2 amide bonds. The average molecular weight is 519 g/mol. The van der Waals surface area contributed by atoms with Gasteiger partial charge in [0.2, 0.25) is 11.1 Å². The van der Waals surface area contributed by atoms with Crippen LogP contribution in [-0.4, -0.2) is 44.8 Å². The predicted molar refractivity (Wildman–Crippen MR) is 132 cm³/mol. The number of aromatic nitrogens is 3. The summed E-state index contributed by atoms with van der Waals surface area (Å²) in [5.74, 6) is 0.0564. The summed E-state index contributed by atoms with van der Waals surface area (Å²) >= 11 is 7.10. The molecule has 11 nitrogen and oxygen atoms in total. The summed E-state index contributed by atoms with van der Waals surface area (Å²) < 4.78 is 5.22. The number of thioether (sulfide) groups is 1. The quantitative estimate of drug-likeness (QED) is 0.205. The van der Waals surface area contributed by atoms with Crippen molar-refractivity contribution in [2.75, 3.05) is 18.2 Å². The first-order valence-corrected chi connectivity index (χ1v) is 11.8. The molecule has 0 fully saturated rings. The molecule has 184 valence electrons. The number of halogens is 1. The van der Waals surface area contributed by atoms with E-state index in [-0.39, 0.29) is 28.8 Å². The van der Waals surface area contributed by atoms with Gasteiger partial charge >= 0.3 is 0 Å². The number of nitro groups is 1. The van der Waals surface area contributed by atoms with Crippen LogP contribution in [0.1, 0.15) is 36.1 Å². The molecule has 0 spiro atoms. The number of carbonyl (C=O) groups excluding carboxylic acids is 2. The van der Waals surface area contributed by atoms with Crippen LogP contribution in [0.25, 0.3) is 0 Å². The summed E-state index contributed by atoms with van der Waals surface area (Å²) in [6, 6.07) is 9.83. The molecule has 0 saturated carbocycles. The fraction of sp³-hybridized carbons (Fsp3) is 0.273. The fourth-order valence-corrected chi connectivity index (χ4v) is 3.87. The molecule has 0 unspecified atom stereocenters. The van der Waals surface area contributed by atoms with Crippen LogP contribution in [0.2, 0.25) is 5.02 Å². The number of non-ortho nitro benzene ring substituents is 1. The molecule has 0 aliphatic heterocycles. The lowest BCUT2D eigenvalue weighted by atomic mass is 10.0. The lowest BCUT2D eigenvalue weighted by Gasteiger charge is -2.19. The molecule has 0 radical (unpaired) electrons. The smallest absolute Gasteiger partial charge is 0.270 e. The number of hydrogen-bond acceptors (Lipinski definition) is 8. The molecule has 35 heavy (non-hydrogen) atoms. The van der Waals surface area contributed by atoms with Gasteiger partial charge in [-0.3, -0.25) is 24.8 Å². The Morgan fingerprint density at radius 1 is 1.26 bits per heavy atom. The van der Waals surface area contributed by atoms with Gasteiger partial charge in [0.25, 0.3) is 11.6 Å². The van der Waals surface area contributed by atoms with E-state index in [2.05, 4.69) is 25.8 Å². The van der Waals surface area contributed by atoms with E-state index in [4.69, 9.17) is 16.3 Å². The molecule has 3 N–H and O–H groups in total. The van der Waals surface area contributed by atoms with Crippen LogP contribution in [-0.2, 0) is 4.79 Å². The third kappa shape index (κ3) is 6.93. The predicted octanol–water partition coefficient (Wildman–Crippen LogP) is 4.23. The highest BCUT2D eigenvalue weighted by molar-refractivity contribution is 7.99. The normalized spacial score (nSPS) is 11.7. The van der Waals surface area contributed by atoms with E-state index in [9.17, 15) is 19.7 Å². The van der Waals surface area contributed by atoms with Gasteiger partial charge < -0.3 is 15.4 Å². The minimum Gasteiger partial charge on any atom is -0.495 e. The van der Waals surface area contributed by atoms with Gasteiger partial charge in [-0.1, -0.05) is 43.3 Å². The van der Waals surface area contributed by atoms with Crippen molar-refractivity contribution in [1.82, 2.24) is 20.5 Å². The van der Waals surface area contributed by atoms with E-state index in [1.807, 2.05) is 13.8 Å². The molecule has 0 saturated heterocycles. The van der Waals surface area contributed by atoms with Gasteiger partial charge in [-0.2, -0.15) is 0 Å². The molecule has 3 rings (SSSR count). The van der Waals surface area contributed by atoms with Crippen molar-refractivity contribution in [1.29, 1.82) is 0 Å². The number of nitrogens with one attached hydrogen (secondary N) is 3. The number of benzene rings is 2. The molecular formula is C22H23ClN6O5S. The molecule has 2 aromatic carbocycles. The summed E-state index contributed by atoms with van der Waals surface area (Å²) in [6.07, 6.45) is 0. The van der Waals surface area contributed by atoms with Crippen LogP contribution in [0, 0.1) is 16.0 Å². The molecule has 3 aromatic rings. The first kappa shape index (κ1) is 26.0. The van der Waals surface area contributed by atoms with Crippen LogP contribution in [0.4, 0.5) is 11.4 Å². The average Bonchev–Trinajstić information content (AvgIpc) is 3.29. The number of methoxy groups -OCH3 is 1. The molecular weight excluding hydrogens is 496 g/mol. The Labute approximate surface area is 210 Å². The second kappa shape index (κ2) is 11.7. The summed E-state index contributed by atoms with van der Waals surface area (Å²) in [5.41, 5.74) is 0.433. The van der Waals surface area contributed by atoms with Crippen molar-refractivity contribution in [3.63, 3.8) is 0 Å². The Bertz CT molecular complexity index is 1230. The number of carbonyl (C=O) groups is 2. The highest BCUT2D eigenvalue weighted by atomic mass is 35.5. The molecule has 0 aliphatic carbocycles. The number of aromatic amines is 1. The van der Waals surface area contributed by atoms with Crippen molar-refractivity contribution >= 4 is 46.6 Å². The molecule has 1 atom stereocenters. The standard InChI is InChI=1S/C22H23ClN6O5S/c1-12(2)19(25-21(31)13-5-4-6-15(9-13)29(32)33)20-26-22(28-27-20)35-11-18(30)24-16-10-14(23)7-8-17(16)34-3/h4-10,12,19H,11H2,1-3H3,(H,24,30)(H,25,31)(H,26,27,28)/t19-/m0/s1. The number of H-pyrrole nitrogens is 1. The van der Waals surface area contributed by atoms with Crippen molar-refractivity contribution in [3.8, 4) is 5.75 Å². The number of anilines is 1.